The van der Waals surface area contributed by atoms with Crippen LogP contribution in [0.3, 0.4) is 0 Å². The van der Waals surface area contributed by atoms with E-state index in [1.807, 2.05) is 6.92 Å². The van der Waals surface area contributed by atoms with Crippen LogP contribution in [0.2, 0.25) is 0 Å². The van der Waals surface area contributed by atoms with Gasteiger partial charge < -0.3 is 16.2 Å². The third-order valence-corrected chi connectivity index (χ3v) is 1.03. The number of nitrogens with zero attached hydrogens (tertiary/aromatic N) is 1. The second-order valence-corrected chi connectivity index (χ2v) is 2.40. The van der Waals surface area contributed by atoms with E-state index in [-0.39, 0.29) is 11.1 Å². The third kappa shape index (κ3) is 8.99. The molecule has 0 heterocycles. The molecule has 7 heteroatoms. The Bertz CT molecular complexity index is 185. The van der Waals surface area contributed by atoms with Crippen molar-refractivity contribution in [2.24, 2.45) is 16.5 Å². The Morgan fingerprint density at radius 3 is 2.69 bits per heavy atom. The van der Waals surface area contributed by atoms with Gasteiger partial charge in [0.2, 0.25) is 5.96 Å². The van der Waals surface area contributed by atoms with Gasteiger partial charge in [-0.05, 0) is 19.1 Å². The van der Waals surface area contributed by atoms with Crippen LogP contribution in [0.5, 0.6) is 0 Å². The molecule has 0 aromatic carbocycles. The number of aliphatic imine (C=N–C) groups is 1. The lowest BCUT2D eigenvalue weighted by Crippen LogP contribution is -2.34. The van der Waals surface area contributed by atoms with Crippen molar-refractivity contribution < 1.29 is 9.57 Å². The molecule has 0 aliphatic carbocycles. The van der Waals surface area contributed by atoms with E-state index in [0.29, 0.717) is 19.8 Å². The molecule has 0 aliphatic heterocycles. The van der Waals surface area contributed by atoms with Crippen LogP contribution in [0.1, 0.15) is 6.92 Å². The normalized spacial score (nSPS) is 11.3. The lowest BCUT2D eigenvalue weighted by Gasteiger charge is -2.05. The van der Waals surface area contributed by atoms with E-state index in [4.69, 9.17) is 21.0 Å². The summed E-state index contributed by atoms with van der Waals surface area (Å²) in [5.41, 5.74) is 12.7. The van der Waals surface area contributed by atoms with Crippen molar-refractivity contribution >= 4 is 23.3 Å². The summed E-state index contributed by atoms with van der Waals surface area (Å²) in [5, 5.41) is -0.0431. The van der Waals surface area contributed by atoms with E-state index in [1.165, 1.54) is 0 Å². The number of ether oxygens (including phenoxy) is 1. The van der Waals surface area contributed by atoms with E-state index in [9.17, 15) is 0 Å². The number of nitrogens with two attached hydrogens (primary N) is 2. The zero-order valence-electron chi connectivity index (χ0n) is 7.45. The molecular weight excluding hydrogens is 192 g/mol. The number of hydroxylamine groups is 1. The molecule has 0 aromatic rings. The molecule has 0 saturated carbocycles. The van der Waals surface area contributed by atoms with E-state index >= 15 is 0 Å². The van der Waals surface area contributed by atoms with E-state index < -0.39 is 0 Å². The molecule has 0 radical (unpaired) electrons. The fraction of sp³-hybridized carbons (Fsp3) is 0.667. The number of hydrogen-bond acceptors (Lipinski definition) is 3. The SMILES string of the molecule is CCOCCON/C(N)=N/C(N)=S. The summed E-state index contributed by atoms with van der Waals surface area (Å²) in [7, 11) is 0. The lowest BCUT2D eigenvalue weighted by atomic mass is 10.7. The second-order valence-electron chi connectivity index (χ2n) is 1.98. The van der Waals surface area contributed by atoms with Gasteiger partial charge in [-0.25, -0.2) is 5.48 Å². The van der Waals surface area contributed by atoms with Crippen molar-refractivity contribution in [2.75, 3.05) is 19.8 Å². The van der Waals surface area contributed by atoms with Crippen LogP contribution in [-0.4, -0.2) is 30.9 Å². The first-order valence-corrected chi connectivity index (χ1v) is 4.16. The number of rotatable bonds is 5. The molecule has 13 heavy (non-hydrogen) atoms. The van der Waals surface area contributed by atoms with Gasteiger partial charge in [-0.1, -0.05) is 0 Å². The molecule has 0 aliphatic rings. The molecule has 0 bridgehead atoms. The van der Waals surface area contributed by atoms with Crippen molar-refractivity contribution in [3.05, 3.63) is 0 Å². The summed E-state index contributed by atoms with van der Waals surface area (Å²) >= 11 is 4.48. The van der Waals surface area contributed by atoms with Crippen molar-refractivity contribution in [1.29, 1.82) is 0 Å². The predicted octanol–water partition coefficient (Wildman–Crippen LogP) is -0.898. The summed E-state index contributed by atoms with van der Waals surface area (Å²) in [6.07, 6.45) is 0. The van der Waals surface area contributed by atoms with E-state index in [2.05, 4.69) is 22.7 Å². The Balaban J connectivity index is 3.37. The van der Waals surface area contributed by atoms with Crippen LogP contribution < -0.4 is 16.9 Å². The molecule has 0 aromatic heterocycles. The van der Waals surface area contributed by atoms with E-state index in [0.717, 1.165) is 0 Å². The molecule has 5 N–H and O–H groups in total. The second kappa shape index (κ2) is 7.71. The molecular formula is C6H14N4O2S. The number of nitrogens with one attached hydrogen (secondary N) is 1. The minimum absolute atomic E-state index is 0.0315. The zero-order chi connectivity index (χ0) is 10.1. The van der Waals surface area contributed by atoms with Crippen molar-refractivity contribution in [3.63, 3.8) is 0 Å². The van der Waals surface area contributed by atoms with Crippen molar-refractivity contribution in [3.8, 4) is 0 Å². The van der Waals surface area contributed by atoms with Crippen LogP contribution in [0.25, 0.3) is 0 Å². The first kappa shape index (κ1) is 12.1. The largest absolute Gasteiger partial charge is 0.379 e. The molecule has 0 atom stereocenters. The average Bonchev–Trinajstić information content (AvgIpc) is 2.02. The third-order valence-electron chi connectivity index (χ3n) is 0.941. The van der Waals surface area contributed by atoms with Crippen LogP contribution in [-0.2, 0) is 9.57 Å². The van der Waals surface area contributed by atoms with Gasteiger partial charge in [0.1, 0.15) is 0 Å². The van der Waals surface area contributed by atoms with Crippen molar-refractivity contribution in [2.45, 2.75) is 6.92 Å². The molecule has 76 valence electrons. The molecule has 0 spiro atoms. The van der Waals surface area contributed by atoms with Gasteiger partial charge in [-0.2, -0.15) is 4.99 Å². The van der Waals surface area contributed by atoms with Gasteiger partial charge in [0, 0.05) is 6.61 Å². The fourth-order valence-corrected chi connectivity index (χ4v) is 0.610. The minimum Gasteiger partial charge on any atom is -0.379 e. The topological polar surface area (TPSA) is 94.9 Å². The molecule has 0 fully saturated rings. The Morgan fingerprint density at radius 2 is 2.15 bits per heavy atom. The van der Waals surface area contributed by atoms with Crippen LogP contribution in [0, 0.1) is 0 Å². The monoisotopic (exact) mass is 206 g/mol. The predicted molar refractivity (Wildman–Crippen MR) is 54.0 cm³/mol. The highest BCUT2D eigenvalue weighted by molar-refractivity contribution is 7.80. The van der Waals surface area contributed by atoms with Gasteiger partial charge in [-0.3, -0.25) is 4.84 Å². The maximum absolute atomic E-state index is 5.29. The summed E-state index contributed by atoms with van der Waals surface area (Å²) in [6.45, 7) is 3.42. The quantitative estimate of drug-likeness (QED) is 0.177. The first-order valence-electron chi connectivity index (χ1n) is 3.76. The average molecular weight is 206 g/mol. The molecule has 6 nitrogen and oxygen atoms in total. The highest BCUT2D eigenvalue weighted by atomic mass is 32.1. The highest BCUT2D eigenvalue weighted by Crippen LogP contribution is 1.74. The molecule has 0 amide bonds. The molecule has 0 rings (SSSR count). The maximum atomic E-state index is 5.29. The van der Waals surface area contributed by atoms with Crippen LogP contribution in [0.4, 0.5) is 0 Å². The van der Waals surface area contributed by atoms with Gasteiger partial charge in [0.25, 0.3) is 0 Å². The summed E-state index contributed by atoms with van der Waals surface area (Å²) in [6, 6.07) is 0. The van der Waals surface area contributed by atoms with E-state index in [1.54, 1.807) is 0 Å². The highest BCUT2D eigenvalue weighted by Gasteiger charge is 1.91. The summed E-state index contributed by atoms with van der Waals surface area (Å²) < 4.78 is 5.00. The minimum atomic E-state index is -0.0431. The first-order chi connectivity index (χ1) is 6.16. The van der Waals surface area contributed by atoms with Crippen LogP contribution in [0.15, 0.2) is 4.99 Å². The molecule has 0 unspecified atom stereocenters. The standard InChI is InChI=1S/C6H14N4O2S/c1-2-11-3-4-12-10-5(7)9-6(8)13/h2-4H2,1H3,(H5,7,8,9,10,13). The van der Waals surface area contributed by atoms with Crippen molar-refractivity contribution in [1.82, 2.24) is 5.48 Å². The van der Waals surface area contributed by atoms with Gasteiger partial charge in [-0.15, -0.1) is 0 Å². The Labute approximate surface area is 82.2 Å². The lowest BCUT2D eigenvalue weighted by molar-refractivity contribution is 0.0247. The summed E-state index contributed by atoms with van der Waals surface area (Å²) in [4.78, 5) is 8.37. The molecule has 0 saturated heterocycles. The Morgan fingerprint density at radius 1 is 1.46 bits per heavy atom. The number of hydrogen-bond donors (Lipinski definition) is 3. The smallest absolute Gasteiger partial charge is 0.220 e. The zero-order valence-corrected chi connectivity index (χ0v) is 8.26. The fourth-order valence-electron chi connectivity index (χ4n) is 0.511. The Kier molecular flexibility index (Phi) is 7.17. The number of thiocarbonyl (C=S) groups is 1. The number of guanidine groups is 1. The maximum Gasteiger partial charge on any atom is 0.220 e. The van der Waals surface area contributed by atoms with Gasteiger partial charge >= 0.3 is 0 Å². The van der Waals surface area contributed by atoms with Gasteiger partial charge in [0.05, 0.1) is 13.2 Å². The Hall–Kier alpha value is -0.920. The van der Waals surface area contributed by atoms with Gasteiger partial charge in [0.15, 0.2) is 5.11 Å². The van der Waals surface area contributed by atoms with Crippen LogP contribution >= 0.6 is 12.2 Å². The summed E-state index contributed by atoms with van der Waals surface area (Å²) in [5.74, 6) is 0.0315.